The minimum Gasteiger partial charge on any atom is -0.333 e. The number of hydrogen-bond donors (Lipinski definition) is 2. The van der Waals surface area contributed by atoms with E-state index in [1.165, 1.54) is 11.3 Å². The van der Waals surface area contributed by atoms with Gasteiger partial charge in [-0.15, -0.1) is 11.3 Å². The number of urea groups is 1. The fourth-order valence-electron chi connectivity index (χ4n) is 2.79. The molecule has 2 N–H and O–H groups in total. The van der Waals surface area contributed by atoms with Gasteiger partial charge in [-0.05, 0) is 42.0 Å². The van der Waals surface area contributed by atoms with Crippen molar-refractivity contribution in [1.82, 2.24) is 20.2 Å². The number of thioether (sulfide) groups is 1. The van der Waals surface area contributed by atoms with E-state index >= 15 is 0 Å². The molecule has 7 nitrogen and oxygen atoms in total. The summed E-state index contributed by atoms with van der Waals surface area (Å²) in [7, 11) is 0. The Morgan fingerprint density at radius 3 is 2.81 bits per heavy atom. The highest BCUT2D eigenvalue weighted by Crippen LogP contribution is 2.21. The first kappa shape index (κ1) is 23.3. The molecule has 2 heterocycles. The van der Waals surface area contributed by atoms with Crippen LogP contribution < -0.4 is 16.2 Å². The molecule has 0 atom stereocenters. The predicted molar refractivity (Wildman–Crippen MR) is 126 cm³/mol. The second-order valence-corrected chi connectivity index (χ2v) is 9.71. The molecular weight excluding hydrogens is 456 g/mol. The van der Waals surface area contributed by atoms with Gasteiger partial charge in [0.2, 0.25) is 5.91 Å². The quantitative estimate of drug-likeness (QED) is 0.372. The Balaban J connectivity index is 1.69. The SMILES string of the molecule is CC(C)CCn1c(SCC(=O)NC(=O)NCc2cccs2)nc2cc(Cl)ccc2c1=O. The van der Waals surface area contributed by atoms with Crippen LogP contribution in [0.4, 0.5) is 4.79 Å². The van der Waals surface area contributed by atoms with Gasteiger partial charge in [-0.25, -0.2) is 9.78 Å². The van der Waals surface area contributed by atoms with E-state index in [-0.39, 0.29) is 11.3 Å². The van der Waals surface area contributed by atoms with Gasteiger partial charge < -0.3 is 5.32 Å². The zero-order valence-corrected chi connectivity index (χ0v) is 19.6. The average molecular weight is 479 g/mol. The lowest BCUT2D eigenvalue weighted by molar-refractivity contribution is -0.117. The van der Waals surface area contributed by atoms with E-state index in [9.17, 15) is 14.4 Å². The van der Waals surface area contributed by atoms with Gasteiger partial charge in [0, 0.05) is 16.4 Å². The van der Waals surface area contributed by atoms with Gasteiger partial charge in [0.05, 0.1) is 23.2 Å². The second-order valence-electron chi connectivity index (χ2n) is 7.29. The zero-order chi connectivity index (χ0) is 22.4. The van der Waals surface area contributed by atoms with Crippen LogP contribution in [0.2, 0.25) is 5.02 Å². The highest BCUT2D eigenvalue weighted by Gasteiger charge is 2.15. The third kappa shape index (κ3) is 6.56. The number of halogens is 1. The molecule has 0 radical (unpaired) electrons. The molecule has 3 aromatic rings. The van der Waals surface area contributed by atoms with Gasteiger partial charge in [0.1, 0.15) is 0 Å². The zero-order valence-electron chi connectivity index (χ0n) is 17.2. The predicted octanol–water partition coefficient (Wildman–Crippen LogP) is 4.28. The van der Waals surface area contributed by atoms with Crippen LogP contribution in [-0.4, -0.2) is 27.2 Å². The fraction of sp³-hybridized carbons (Fsp3) is 0.333. The smallest absolute Gasteiger partial charge is 0.321 e. The lowest BCUT2D eigenvalue weighted by atomic mass is 10.1. The molecule has 3 rings (SSSR count). The number of hydrogen-bond acceptors (Lipinski definition) is 6. The summed E-state index contributed by atoms with van der Waals surface area (Å²) in [6.07, 6.45) is 0.797. The van der Waals surface area contributed by atoms with Crippen molar-refractivity contribution in [2.45, 2.75) is 38.5 Å². The molecule has 0 saturated heterocycles. The largest absolute Gasteiger partial charge is 0.333 e. The Morgan fingerprint density at radius 1 is 1.29 bits per heavy atom. The lowest BCUT2D eigenvalue weighted by Crippen LogP contribution is -2.40. The molecule has 31 heavy (non-hydrogen) atoms. The van der Waals surface area contributed by atoms with Gasteiger partial charge in [0.25, 0.3) is 5.56 Å². The second kappa shape index (κ2) is 10.8. The Kier molecular flexibility index (Phi) is 8.11. The highest BCUT2D eigenvalue weighted by atomic mass is 35.5. The number of carbonyl (C=O) groups is 2. The van der Waals surface area contributed by atoms with E-state index in [0.717, 1.165) is 23.1 Å². The number of nitrogens with one attached hydrogen (secondary N) is 2. The van der Waals surface area contributed by atoms with Gasteiger partial charge in [0.15, 0.2) is 5.16 Å². The van der Waals surface area contributed by atoms with Crippen LogP contribution in [0.5, 0.6) is 0 Å². The topological polar surface area (TPSA) is 93.1 Å². The van der Waals surface area contributed by atoms with E-state index < -0.39 is 11.9 Å². The molecule has 0 aliphatic carbocycles. The molecule has 3 amide bonds. The van der Waals surface area contributed by atoms with Crippen molar-refractivity contribution < 1.29 is 9.59 Å². The first-order valence-electron chi connectivity index (χ1n) is 9.76. The molecule has 0 saturated carbocycles. The van der Waals surface area contributed by atoms with Crippen molar-refractivity contribution >= 4 is 57.5 Å². The van der Waals surface area contributed by atoms with E-state index in [2.05, 4.69) is 29.5 Å². The Bertz CT molecular complexity index is 1130. The molecular formula is C21H23ClN4O3S2. The van der Waals surface area contributed by atoms with E-state index in [4.69, 9.17) is 11.6 Å². The molecule has 0 bridgehead atoms. The standard InChI is InChI=1S/C21H23ClN4O3S2/c1-13(2)7-8-26-19(28)16-6-5-14(22)10-17(16)24-21(26)31-12-18(27)25-20(29)23-11-15-4-3-9-30-15/h3-6,9-10,13H,7-8,11-12H2,1-2H3,(H2,23,25,27,29). The van der Waals surface area contributed by atoms with Crippen LogP contribution >= 0.6 is 34.7 Å². The van der Waals surface area contributed by atoms with Crippen LogP contribution in [0.3, 0.4) is 0 Å². The Hall–Kier alpha value is -2.36. The molecule has 0 aliphatic rings. The Morgan fingerprint density at radius 2 is 2.10 bits per heavy atom. The minimum absolute atomic E-state index is 0.0490. The maximum atomic E-state index is 13.0. The minimum atomic E-state index is -0.561. The van der Waals surface area contributed by atoms with Crippen molar-refractivity contribution in [1.29, 1.82) is 0 Å². The maximum Gasteiger partial charge on any atom is 0.321 e. The first-order valence-corrected chi connectivity index (χ1v) is 12.0. The van der Waals surface area contributed by atoms with Gasteiger partial charge >= 0.3 is 6.03 Å². The summed E-state index contributed by atoms with van der Waals surface area (Å²) in [6.45, 7) is 5.00. The summed E-state index contributed by atoms with van der Waals surface area (Å²) in [5.74, 6) is -0.113. The highest BCUT2D eigenvalue weighted by molar-refractivity contribution is 7.99. The van der Waals surface area contributed by atoms with Gasteiger partial charge in [-0.2, -0.15) is 0 Å². The van der Waals surface area contributed by atoms with Crippen LogP contribution in [0.1, 0.15) is 25.1 Å². The number of fused-ring (bicyclic) bond motifs is 1. The third-order valence-electron chi connectivity index (χ3n) is 4.40. The number of benzene rings is 1. The molecule has 164 valence electrons. The summed E-state index contributed by atoms with van der Waals surface area (Å²) in [6, 6.07) is 8.19. The molecule has 0 unspecified atom stereocenters. The third-order valence-corrected chi connectivity index (χ3v) is 6.49. The number of thiophene rings is 1. The van der Waals surface area contributed by atoms with Crippen LogP contribution in [0, 0.1) is 5.92 Å². The lowest BCUT2D eigenvalue weighted by Gasteiger charge is -2.14. The number of rotatable bonds is 8. The maximum absolute atomic E-state index is 13.0. The summed E-state index contributed by atoms with van der Waals surface area (Å²) < 4.78 is 1.59. The van der Waals surface area contributed by atoms with Gasteiger partial charge in [-0.3, -0.25) is 19.5 Å². The molecule has 0 fully saturated rings. The van der Waals surface area contributed by atoms with Crippen LogP contribution in [-0.2, 0) is 17.9 Å². The number of nitrogens with zero attached hydrogens (tertiary/aromatic N) is 2. The Labute approximate surface area is 193 Å². The van der Waals surface area contributed by atoms with Crippen molar-refractivity contribution in [3.05, 3.63) is 56.0 Å². The number of carbonyl (C=O) groups excluding carboxylic acids is 2. The van der Waals surface area contributed by atoms with Crippen molar-refractivity contribution in [3.63, 3.8) is 0 Å². The van der Waals surface area contributed by atoms with Crippen molar-refractivity contribution in [3.8, 4) is 0 Å². The summed E-state index contributed by atoms with van der Waals surface area (Å²) in [5.41, 5.74) is 0.314. The summed E-state index contributed by atoms with van der Waals surface area (Å²) in [4.78, 5) is 42.7. The average Bonchev–Trinajstić information content (AvgIpc) is 3.23. The fourth-order valence-corrected chi connectivity index (χ4v) is 4.42. The summed E-state index contributed by atoms with van der Waals surface area (Å²) >= 11 is 8.69. The molecule has 0 spiro atoms. The number of imide groups is 1. The van der Waals surface area contributed by atoms with E-state index in [1.807, 2.05) is 17.5 Å². The van der Waals surface area contributed by atoms with E-state index in [1.54, 1.807) is 22.8 Å². The number of aromatic nitrogens is 2. The van der Waals surface area contributed by atoms with Crippen LogP contribution in [0.15, 0.2) is 45.7 Å². The number of amides is 3. The molecule has 2 aromatic heterocycles. The monoisotopic (exact) mass is 478 g/mol. The summed E-state index contributed by atoms with van der Waals surface area (Å²) in [5, 5.41) is 8.25. The van der Waals surface area contributed by atoms with Crippen molar-refractivity contribution in [2.24, 2.45) is 5.92 Å². The van der Waals surface area contributed by atoms with E-state index in [0.29, 0.717) is 40.1 Å². The van der Waals surface area contributed by atoms with Crippen molar-refractivity contribution in [2.75, 3.05) is 5.75 Å². The van der Waals surface area contributed by atoms with Crippen LogP contribution in [0.25, 0.3) is 10.9 Å². The molecule has 1 aromatic carbocycles. The normalized spacial score (nSPS) is 11.1. The molecule has 10 heteroatoms. The van der Waals surface area contributed by atoms with Gasteiger partial charge in [-0.1, -0.05) is 43.3 Å². The first-order chi connectivity index (χ1) is 14.8. The molecule has 0 aliphatic heterocycles.